The molecule has 3 aromatic rings. The lowest BCUT2D eigenvalue weighted by Gasteiger charge is -2.32. The minimum Gasteiger partial charge on any atom is -0.367 e. The van der Waals surface area contributed by atoms with Crippen LogP contribution < -0.4 is 5.32 Å². The largest absolute Gasteiger partial charge is 0.367 e. The van der Waals surface area contributed by atoms with E-state index >= 15 is 0 Å². The third-order valence-electron chi connectivity index (χ3n) is 4.84. The summed E-state index contributed by atoms with van der Waals surface area (Å²) in [6, 6.07) is 9.58. The Labute approximate surface area is 163 Å². The summed E-state index contributed by atoms with van der Waals surface area (Å²) in [6.07, 6.45) is 8.56. The number of hydrogen-bond acceptors (Lipinski definition) is 6. The number of carbonyl (C=O) groups excluding carboxylic acids is 1. The number of nitrogens with zero attached hydrogens (tertiary/aromatic N) is 5. The highest BCUT2D eigenvalue weighted by Crippen LogP contribution is 2.20. The molecule has 4 rings (SSSR count). The maximum atomic E-state index is 12.6. The second-order valence-corrected chi connectivity index (χ2v) is 6.91. The van der Waals surface area contributed by atoms with E-state index in [0.29, 0.717) is 11.4 Å². The second kappa shape index (κ2) is 8.12. The smallest absolute Gasteiger partial charge is 0.253 e. The number of pyridine rings is 2. The number of piperidine rings is 1. The normalized spacial score (nSPS) is 14.7. The van der Waals surface area contributed by atoms with Crippen LogP contribution in [-0.2, 0) is 0 Å². The first kappa shape index (κ1) is 18.0. The number of amides is 1. The number of anilines is 1. The molecule has 4 heterocycles. The van der Waals surface area contributed by atoms with Crippen LogP contribution in [-0.4, -0.2) is 49.9 Å². The Balaban J connectivity index is 1.40. The molecule has 28 heavy (non-hydrogen) atoms. The average molecular weight is 374 g/mol. The van der Waals surface area contributed by atoms with Crippen LogP contribution in [0.4, 0.5) is 5.82 Å². The highest BCUT2D eigenvalue weighted by atomic mass is 16.2. The van der Waals surface area contributed by atoms with E-state index in [4.69, 9.17) is 0 Å². The molecule has 0 aromatic carbocycles. The van der Waals surface area contributed by atoms with Gasteiger partial charge in [-0.3, -0.25) is 14.8 Å². The summed E-state index contributed by atoms with van der Waals surface area (Å²) in [7, 11) is 0. The number of aromatic nitrogens is 4. The molecule has 0 unspecified atom stereocenters. The Hall–Kier alpha value is -3.35. The van der Waals surface area contributed by atoms with E-state index in [1.807, 2.05) is 30.0 Å². The van der Waals surface area contributed by atoms with Gasteiger partial charge in [-0.2, -0.15) is 0 Å². The Morgan fingerprint density at radius 1 is 1.07 bits per heavy atom. The SMILES string of the molecule is Cc1cc(NC2CCN(C(=O)c3ccncc3)CC2)nc(-c2cccnc2)n1. The number of likely N-dealkylation sites (tertiary alicyclic amines) is 1. The zero-order valence-electron chi connectivity index (χ0n) is 15.7. The zero-order chi connectivity index (χ0) is 19.3. The number of hydrogen-bond donors (Lipinski definition) is 1. The van der Waals surface area contributed by atoms with Gasteiger partial charge in [-0.25, -0.2) is 9.97 Å². The summed E-state index contributed by atoms with van der Waals surface area (Å²) < 4.78 is 0. The summed E-state index contributed by atoms with van der Waals surface area (Å²) in [4.78, 5) is 31.7. The van der Waals surface area contributed by atoms with E-state index in [9.17, 15) is 4.79 Å². The van der Waals surface area contributed by atoms with Gasteiger partial charge in [-0.05, 0) is 44.0 Å². The average Bonchev–Trinajstić information content (AvgIpc) is 2.75. The zero-order valence-corrected chi connectivity index (χ0v) is 15.7. The molecule has 1 amide bonds. The predicted molar refractivity (Wildman–Crippen MR) is 107 cm³/mol. The fourth-order valence-corrected chi connectivity index (χ4v) is 3.38. The van der Waals surface area contributed by atoms with Crippen molar-refractivity contribution in [2.45, 2.75) is 25.8 Å². The molecule has 1 aliphatic rings. The highest BCUT2D eigenvalue weighted by Gasteiger charge is 2.24. The van der Waals surface area contributed by atoms with Gasteiger partial charge in [0.1, 0.15) is 5.82 Å². The van der Waals surface area contributed by atoms with E-state index in [0.717, 1.165) is 43.0 Å². The molecule has 7 nitrogen and oxygen atoms in total. The number of nitrogens with one attached hydrogen (secondary N) is 1. The fourth-order valence-electron chi connectivity index (χ4n) is 3.38. The van der Waals surface area contributed by atoms with Gasteiger partial charge in [0.05, 0.1) is 0 Å². The fraction of sp³-hybridized carbons (Fsp3) is 0.286. The van der Waals surface area contributed by atoms with Crippen molar-refractivity contribution in [3.63, 3.8) is 0 Å². The van der Waals surface area contributed by atoms with E-state index in [1.165, 1.54) is 0 Å². The third kappa shape index (κ3) is 4.14. The van der Waals surface area contributed by atoms with Gasteiger partial charge in [-0.15, -0.1) is 0 Å². The standard InChI is InChI=1S/C21H22N6O/c1-15-13-19(26-20(24-15)17-3-2-8-23-14-17)25-18-6-11-27(12-7-18)21(28)16-4-9-22-10-5-16/h2-5,8-10,13-14,18H,6-7,11-12H2,1H3,(H,24,25,26). The molecule has 0 aliphatic carbocycles. The first-order valence-electron chi connectivity index (χ1n) is 9.41. The van der Waals surface area contributed by atoms with Crippen molar-refractivity contribution < 1.29 is 4.79 Å². The summed E-state index contributed by atoms with van der Waals surface area (Å²) in [5.74, 6) is 1.55. The molecule has 7 heteroatoms. The number of carbonyl (C=O) groups is 1. The van der Waals surface area contributed by atoms with Gasteiger partial charge in [0, 0.05) is 66.8 Å². The van der Waals surface area contributed by atoms with Crippen molar-refractivity contribution in [3.05, 3.63) is 66.4 Å². The van der Waals surface area contributed by atoms with Crippen molar-refractivity contribution in [2.24, 2.45) is 0 Å². The molecule has 0 spiro atoms. The maximum absolute atomic E-state index is 12.6. The number of rotatable bonds is 4. The molecule has 0 saturated carbocycles. The van der Waals surface area contributed by atoms with Crippen LogP contribution in [0.3, 0.4) is 0 Å². The van der Waals surface area contributed by atoms with Gasteiger partial charge in [0.15, 0.2) is 5.82 Å². The maximum Gasteiger partial charge on any atom is 0.253 e. The molecule has 142 valence electrons. The lowest BCUT2D eigenvalue weighted by atomic mass is 10.0. The lowest BCUT2D eigenvalue weighted by molar-refractivity contribution is 0.0718. The summed E-state index contributed by atoms with van der Waals surface area (Å²) in [5, 5.41) is 3.51. The Morgan fingerprint density at radius 3 is 2.57 bits per heavy atom. The van der Waals surface area contributed by atoms with Crippen LogP contribution in [0.2, 0.25) is 0 Å². The molecular weight excluding hydrogens is 352 g/mol. The lowest BCUT2D eigenvalue weighted by Crippen LogP contribution is -2.42. The van der Waals surface area contributed by atoms with Crippen LogP contribution in [0, 0.1) is 6.92 Å². The molecule has 0 bridgehead atoms. The van der Waals surface area contributed by atoms with Crippen molar-refractivity contribution in [1.29, 1.82) is 0 Å². The minimum atomic E-state index is 0.0672. The summed E-state index contributed by atoms with van der Waals surface area (Å²) in [6.45, 7) is 3.40. The second-order valence-electron chi connectivity index (χ2n) is 6.91. The van der Waals surface area contributed by atoms with E-state index in [1.54, 1.807) is 36.9 Å². The van der Waals surface area contributed by atoms with Crippen molar-refractivity contribution >= 4 is 11.7 Å². The third-order valence-corrected chi connectivity index (χ3v) is 4.84. The van der Waals surface area contributed by atoms with E-state index < -0.39 is 0 Å². The highest BCUT2D eigenvalue weighted by molar-refractivity contribution is 5.94. The number of aryl methyl sites for hydroxylation is 1. The first-order chi connectivity index (χ1) is 13.7. The predicted octanol–water partition coefficient (Wildman–Crippen LogP) is 2.96. The molecule has 0 radical (unpaired) electrons. The van der Waals surface area contributed by atoms with Crippen LogP contribution in [0.25, 0.3) is 11.4 Å². The summed E-state index contributed by atoms with van der Waals surface area (Å²) >= 11 is 0. The van der Waals surface area contributed by atoms with E-state index in [-0.39, 0.29) is 11.9 Å². The van der Waals surface area contributed by atoms with Crippen molar-refractivity contribution in [1.82, 2.24) is 24.8 Å². The Kier molecular flexibility index (Phi) is 5.23. The van der Waals surface area contributed by atoms with Crippen LogP contribution in [0.5, 0.6) is 0 Å². The van der Waals surface area contributed by atoms with Crippen molar-refractivity contribution in [3.8, 4) is 11.4 Å². The molecular formula is C21H22N6O. The van der Waals surface area contributed by atoms with Crippen LogP contribution in [0.1, 0.15) is 28.9 Å². The van der Waals surface area contributed by atoms with Crippen LogP contribution in [0.15, 0.2) is 55.1 Å². The molecule has 1 fully saturated rings. The molecule has 1 N–H and O–H groups in total. The Morgan fingerprint density at radius 2 is 1.86 bits per heavy atom. The van der Waals surface area contributed by atoms with Gasteiger partial charge in [-0.1, -0.05) is 0 Å². The Bertz CT molecular complexity index is 940. The van der Waals surface area contributed by atoms with Gasteiger partial charge >= 0.3 is 0 Å². The molecule has 3 aromatic heterocycles. The molecule has 1 aliphatic heterocycles. The minimum absolute atomic E-state index is 0.0672. The quantitative estimate of drug-likeness (QED) is 0.756. The molecule has 1 saturated heterocycles. The van der Waals surface area contributed by atoms with Gasteiger partial charge < -0.3 is 10.2 Å². The summed E-state index contributed by atoms with van der Waals surface area (Å²) in [5.41, 5.74) is 2.49. The van der Waals surface area contributed by atoms with Gasteiger partial charge in [0.2, 0.25) is 0 Å². The van der Waals surface area contributed by atoms with Gasteiger partial charge in [0.25, 0.3) is 5.91 Å². The first-order valence-corrected chi connectivity index (χ1v) is 9.41. The van der Waals surface area contributed by atoms with Crippen molar-refractivity contribution in [2.75, 3.05) is 18.4 Å². The molecule has 0 atom stereocenters. The van der Waals surface area contributed by atoms with Crippen LogP contribution >= 0.6 is 0 Å². The monoisotopic (exact) mass is 374 g/mol. The van der Waals surface area contributed by atoms with E-state index in [2.05, 4.69) is 25.3 Å². The topological polar surface area (TPSA) is 83.9 Å².